The van der Waals surface area contributed by atoms with Crippen molar-refractivity contribution in [3.8, 4) is 0 Å². The molecule has 0 bridgehead atoms. The van der Waals surface area contributed by atoms with Gasteiger partial charge in [-0.2, -0.15) is 0 Å². The maximum Gasteiger partial charge on any atom is 0.334 e. The van der Waals surface area contributed by atoms with Crippen LogP contribution < -0.4 is 5.32 Å². The Morgan fingerprint density at radius 2 is 1.95 bits per heavy atom. The van der Waals surface area contributed by atoms with Crippen LogP contribution in [0.3, 0.4) is 0 Å². The summed E-state index contributed by atoms with van der Waals surface area (Å²) < 4.78 is 5.18. The molecule has 106 valence electrons. The van der Waals surface area contributed by atoms with E-state index in [1.807, 2.05) is 56.5 Å². The maximum atomic E-state index is 12.2. The largest absolute Gasteiger partial charge is 0.464 e. The Kier molecular flexibility index (Phi) is 4.79. The fourth-order valence-corrected chi connectivity index (χ4v) is 2.92. The Labute approximate surface area is 123 Å². The highest BCUT2D eigenvalue weighted by molar-refractivity contribution is 7.10. The number of hydrogen-bond acceptors (Lipinski definition) is 4. The Hall–Kier alpha value is -1.81. The molecule has 0 aliphatic carbocycles. The first-order chi connectivity index (χ1) is 9.61. The number of rotatable bonds is 5. The van der Waals surface area contributed by atoms with E-state index in [0.29, 0.717) is 6.61 Å². The molecule has 1 aromatic heterocycles. The second-order valence-electron chi connectivity index (χ2n) is 4.66. The molecule has 0 amide bonds. The van der Waals surface area contributed by atoms with E-state index in [1.54, 1.807) is 11.3 Å². The molecule has 1 unspecified atom stereocenters. The number of carbonyl (C=O) groups is 1. The highest BCUT2D eigenvalue weighted by Crippen LogP contribution is 2.28. The monoisotopic (exact) mass is 289 g/mol. The Balaban J connectivity index is 2.25. The normalized spacial score (nSPS) is 11.9. The molecule has 0 aliphatic rings. The molecule has 1 heterocycles. The van der Waals surface area contributed by atoms with Gasteiger partial charge < -0.3 is 10.1 Å². The number of hydrogen-bond donors (Lipinski definition) is 1. The topological polar surface area (TPSA) is 38.3 Å². The lowest BCUT2D eigenvalue weighted by atomic mass is 10.1. The van der Waals surface area contributed by atoms with Crippen molar-refractivity contribution >= 4 is 23.0 Å². The second-order valence-corrected chi connectivity index (χ2v) is 5.61. The fraction of sp³-hybridized carbons (Fsp3) is 0.312. The van der Waals surface area contributed by atoms with Crippen molar-refractivity contribution in [1.29, 1.82) is 0 Å². The van der Waals surface area contributed by atoms with Crippen LogP contribution in [0.15, 0.2) is 35.7 Å². The molecule has 3 nitrogen and oxygen atoms in total. The number of anilines is 1. The third-order valence-electron chi connectivity index (χ3n) is 3.05. The van der Waals surface area contributed by atoms with Crippen LogP contribution >= 0.6 is 11.3 Å². The number of thiophene rings is 1. The van der Waals surface area contributed by atoms with Gasteiger partial charge in [-0.05, 0) is 49.9 Å². The highest BCUT2D eigenvalue weighted by atomic mass is 32.1. The van der Waals surface area contributed by atoms with Crippen LogP contribution in [-0.4, -0.2) is 12.6 Å². The van der Waals surface area contributed by atoms with Crippen LogP contribution in [0.25, 0.3) is 0 Å². The van der Waals surface area contributed by atoms with Crippen LogP contribution in [0.5, 0.6) is 0 Å². The average molecular weight is 289 g/mol. The quantitative estimate of drug-likeness (QED) is 0.843. The van der Waals surface area contributed by atoms with Crippen LogP contribution in [0, 0.1) is 13.8 Å². The van der Waals surface area contributed by atoms with Gasteiger partial charge >= 0.3 is 5.97 Å². The molecule has 0 aliphatic heterocycles. The molecule has 0 spiro atoms. The molecule has 20 heavy (non-hydrogen) atoms. The maximum absolute atomic E-state index is 12.2. The Morgan fingerprint density at radius 1 is 1.25 bits per heavy atom. The Bertz CT molecular complexity index is 574. The van der Waals surface area contributed by atoms with Crippen LogP contribution in [0.2, 0.25) is 0 Å². The van der Waals surface area contributed by atoms with Crippen LogP contribution in [-0.2, 0) is 9.53 Å². The molecule has 0 fully saturated rings. The second kappa shape index (κ2) is 6.57. The molecular weight excluding hydrogens is 270 g/mol. The van der Waals surface area contributed by atoms with E-state index in [-0.39, 0.29) is 5.97 Å². The van der Waals surface area contributed by atoms with E-state index in [2.05, 4.69) is 5.32 Å². The molecule has 2 aromatic rings. The van der Waals surface area contributed by atoms with Gasteiger partial charge in [-0.1, -0.05) is 17.7 Å². The molecule has 0 radical (unpaired) electrons. The predicted octanol–water partition coefficient (Wildman–Crippen LogP) is 4.08. The van der Waals surface area contributed by atoms with E-state index < -0.39 is 6.04 Å². The summed E-state index contributed by atoms with van der Waals surface area (Å²) >= 11 is 1.57. The highest BCUT2D eigenvalue weighted by Gasteiger charge is 2.24. The molecule has 0 saturated heterocycles. The van der Waals surface area contributed by atoms with Crippen molar-refractivity contribution in [2.75, 3.05) is 11.9 Å². The van der Waals surface area contributed by atoms with Crippen molar-refractivity contribution in [3.63, 3.8) is 0 Å². The third kappa shape index (κ3) is 3.39. The summed E-state index contributed by atoms with van der Waals surface area (Å²) in [6.45, 7) is 6.25. The van der Waals surface area contributed by atoms with E-state index in [1.165, 1.54) is 5.56 Å². The lowest BCUT2D eigenvalue weighted by molar-refractivity contribution is -0.144. The molecule has 1 aromatic carbocycles. The van der Waals surface area contributed by atoms with Gasteiger partial charge in [0.25, 0.3) is 0 Å². The first kappa shape index (κ1) is 14.6. The van der Waals surface area contributed by atoms with Gasteiger partial charge in [0.15, 0.2) is 6.04 Å². The van der Waals surface area contributed by atoms with E-state index in [0.717, 1.165) is 16.1 Å². The molecule has 0 saturated carbocycles. The van der Waals surface area contributed by atoms with Gasteiger partial charge in [-0.3, -0.25) is 0 Å². The summed E-state index contributed by atoms with van der Waals surface area (Å²) in [5.41, 5.74) is 3.21. The van der Waals surface area contributed by atoms with Gasteiger partial charge in [-0.25, -0.2) is 4.79 Å². The minimum Gasteiger partial charge on any atom is -0.464 e. The summed E-state index contributed by atoms with van der Waals surface area (Å²) in [6.07, 6.45) is 0. The molecule has 4 heteroatoms. The SMILES string of the molecule is CCOC(=O)C(Nc1ccc(C)cc1)c1sccc1C. The predicted molar refractivity (Wildman–Crippen MR) is 83.2 cm³/mol. The lowest BCUT2D eigenvalue weighted by Gasteiger charge is -2.18. The van der Waals surface area contributed by atoms with Gasteiger partial charge in [0.2, 0.25) is 0 Å². The minimum absolute atomic E-state index is 0.237. The zero-order chi connectivity index (χ0) is 14.5. The smallest absolute Gasteiger partial charge is 0.334 e. The Morgan fingerprint density at radius 3 is 2.50 bits per heavy atom. The summed E-state index contributed by atoms with van der Waals surface area (Å²) in [5, 5.41) is 5.26. The van der Waals surface area contributed by atoms with E-state index >= 15 is 0 Å². The number of carbonyl (C=O) groups excluding carboxylic acids is 1. The van der Waals surface area contributed by atoms with Crippen molar-refractivity contribution in [1.82, 2.24) is 0 Å². The third-order valence-corrected chi connectivity index (χ3v) is 4.13. The van der Waals surface area contributed by atoms with Gasteiger partial charge in [0.1, 0.15) is 0 Å². The first-order valence-corrected chi connectivity index (χ1v) is 7.53. The fourth-order valence-electron chi connectivity index (χ4n) is 1.95. The van der Waals surface area contributed by atoms with Gasteiger partial charge in [-0.15, -0.1) is 11.3 Å². The average Bonchev–Trinajstić information content (AvgIpc) is 2.84. The van der Waals surface area contributed by atoms with Gasteiger partial charge in [0.05, 0.1) is 6.61 Å². The molecule has 1 N–H and O–H groups in total. The van der Waals surface area contributed by atoms with Crippen molar-refractivity contribution < 1.29 is 9.53 Å². The zero-order valence-electron chi connectivity index (χ0n) is 12.0. The molecular formula is C16H19NO2S. The zero-order valence-corrected chi connectivity index (χ0v) is 12.8. The summed E-state index contributed by atoms with van der Waals surface area (Å²) in [7, 11) is 0. The van der Waals surface area contributed by atoms with Crippen LogP contribution in [0.1, 0.15) is 29.0 Å². The van der Waals surface area contributed by atoms with Crippen molar-refractivity contribution in [2.24, 2.45) is 0 Å². The van der Waals surface area contributed by atoms with Crippen molar-refractivity contribution in [2.45, 2.75) is 26.8 Å². The van der Waals surface area contributed by atoms with E-state index in [4.69, 9.17) is 4.74 Å². The number of ether oxygens (including phenoxy) is 1. The van der Waals surface area contributed by atoms with Crippen molar-refractivity contribution in [3.05, 3.63) is 51.7 Å². The molecule has 2 rings (SSSR count). The summed E-state index contributed by atoms with van der Waals surface area (Å²) in [6, 6.07) is 9.56. The standard InChI is InChI=1S/C16H19NO2S/c1-4-19-16(18)14(15-12(3)9-10-20-15)17-13-7-5-11(2)6-8-13/h5-10,14,17H,4H2,1-3H3. The van der Waals surface area contributed by atoms with Crippen LogP contribution in [0.4, 0.5) is 5.69 Å². The first-order valence-electron chi connectivity index (χ1n) is 6.65. The lowest BCUT2D eigenvalue weighted by Crippen LogP contribution is -2.23. The summed E-state index contributed by atoms with van der Waals surface area (Å²) in [4.78, 5) is 13.2. The molecule has 1 atom stereocenters. The number of esters is 1. The minimum atomic E-state index is -0.447. The number of nitrogens with one attached hydrogen (secondary N) is 1. The number of aryl methyl sites for hydroxylation is 2. The van der Waals surface area contributed by atoms with E-state index in [9.17, 15) is 4.79 Å². The summed E-state index contributed by atoms with van der Waals surface area (Å²) in [5.74, 6) is -0.237. The van der Waals surface area contributed by atoms with Gasteiger partial charge in [0, 0.05) is 10.6 Å². The number of benzene rings is 1.